The van der Waals surface area contributed by atoms with Gasteiger partial charge in [-0.2, -0.15) is 4.39 Å². The maximum atomic E-state index is 12.8. The zero-order valence-corrected chi connectivity index (χ0v) is 8.65. The molecule has 0 aromatic carbocycles. The molecule has 1 aromatic rings. The summed E-state index contributed by atoms with van der Waals surface area (Å²) in [4.78, 5) is 3.43. The number of hydrogen-bond acceptors (Lipinski definition) is 4. The van der Waals surface area contributed by atoms with E-state index in [0.29, 0.717) is 0 Å². The van der Waals surface area contributed by atoms with E-state index in [0.717, 1.165) is 6.07 Å². The molecular formula is C9H12ClFN2O2. The Labute approximate surface area is 91.5 Å². The van der Waals surface area contributed by atoms with Crippen LogP contribution in [0.4, 0.5) is 10.1 Å². The molecule has 0 fully saturated rings. The fourth-order valence-electron chi connectivity index (χ4n) is 1.15. The van der Waals surface area contributed by atoms with Crippen molar-refractivity contribution >= 4 is 17.3 Å². The molecule has 1 heterocycles. The van der Waals surface area contributed by atoms with Crippen LogP contribution in [0.3, 0.4) is 0 Å². The Balaban J connectivity index is 2.89. The number of hydrogen-bond donors (Lipinski definition) is 3. The molecule has 0 aliphatic rings. The third-order valence-corrected chi connectivity index (χ3v) is 2.19. The monoisotopic (exact) mass is 234 g/mol. The summed E-state index contributed by atoms with van der Waals surface area (Å²) in [6.07, 6.45) is -2.24. The summed E-state index contributed by atoms with van der Waals surface area (Å²) < 4.78 is 12.8. The number of nitrogen functional groups attached to an aromatic ring is 1. The van der Waals surface area contributed by atoms with E-state index in [4.69, 9.17) is 17.3 Å². The first-order chi connectivity index (χ1) is 7.06. The molecule has 0 amide bonds. The van der Waals surface area contributed by atoms with Crippen LogP contribution in [-0.2, 0) is 0 Å². The second-order valence-corrected chi connectivity index (χ2v) is 3.48. The highest BCUT2D eigenvalue weighted by Crippen LogP contribution is 2.22. The Hall–Kier alpha value is -0.910. The molecule has 0 radical (unpaired) electrons. The standard InChI is InChI=1S/C9H12ClFN2O2/c10-4-3-6(14)9(15)8-5(12)1-2-7(11)13-8/h1-2,6,9,14-15H,3-4,12H2. The van der Waals surface area contributed by atoms with Crippen molar-refractivity contribution in [2.24, 2.45) is 0 Å². The molecule has 2 atom stereocenters. The van der Waals surface area contributed by atoms with Gasteiger partial charge in [-0.1, -0.05) is 0 Å². The highest BCUT2D eigenvalue weighted by atomic mass is 35.5. The van der Waals surface area contributed by atoms with Crippen LogP contribution in [0, 0.1) is 5.95 Å². The minimum atomic E-state index is -1.32. The van der Waals surface area contributed by atoms with Gasteiger partial charge in [0.15, 0.2) is 0 Å². The van der Waals surface area contributed by atoms with Crippen molar-refractivity contribution in [1.29, 1.82) is 0 Å². The van der Waals surface area contributed by atoms with Gasteiger partial charge in [-0.25, -0.2) is 4.98 Å². The SMILES string of the molecule is Nc1ccc(F)nc1C(O)C(O)CCCl. The molecule has 0 saturated carbocycles. The van der Waals surface area contributed by atoms with Crippen LogP contribution in [0.5, 0.6) is 0 Å². The van der Waals surface area contributed by atoms with Crippen molar-refractivity contribution in [3.05, 3.63) is 23.8 Å². The molecule has 0 saturated heterocycles. The number of aromatic nitrogens is 1. The van der Waals surface area contributed by atoms with Crippen LogP contribution in [0.1, 0.15) is 18.2 Å². The first-order valence-corrected chi connectivity index (χ1v) is 4.93. The summed E-state index contributed by atoms with van der Waals surface area (Å²) in [6.45, 7) is 0. The van der Waals surface area contributed by atoms with E-state index in [-0.39, 0.29) is 23.7 Å². The minimum Gasteiger partial charge on any atom is -0.397 e. The fourth-order valence-corrected chi connectivity index (χ4v) is 1.37. The Morgan fingerprint density at radius 3 is 2.73 bits per heavy atom. The van der Waals surface area contributed by atoms with Gasteiger partial charge in [0, 0.05) is 5.88 Å². The molecule has 4 N–H and O–H groups in total. The van der Waals surface area contributed by atoms with Gasteiger partial charge in [-0.3, -0.25) is 0 Å². The number of pyridine rings is 1. The highest BCUT2D eigenvalue weighted by molar-refractivity contribution is 6.17. The maximum absolute atomic E-state index is 12.8. The lowest BCUT2D eigenvalue weighted by Crippen LogP contribution is -2.21. The van der Waals surface area contributed by atoms with Crippen molar-refractivity contribution in [1.82, 2.24) is 4.98 Å². The quantitative estimate of drug-likeness (QED) is 0.533. The van der Waals surface area contributed by atoms with E-state index in [1.54, 1.807) is 0 Å². The van der Waals surface area contributed by atoms with Gasteiger partial charge < -0.3 is 15.9 Å². The van der Waals surface area contributed by atoms with E-state index >= 15 is 0 Å². The maximum Gasteiger partial charge on any atom is 0.213 e. The van der Waals surface area contributed by atoms with Gasteiger partial charge >= 0.3 is 0 Å². The van der Waals surface area contributed by atoms with Gasteiger partial charge in [-0.15, -0.1) is 11.6 Å². The Morgan fingerprint density at radius 1 is 1.47 bits per heavy atom. The van der Waals surface area contributed by atoms with E-state index in [2.05, 4.69) is 4.98 Å². The number of rotatable bonds is 4. The lowest BCUT2D eigenvalue weighted by Gasteiger charge is -2.17. The third kappa shape index (κ3) is 3.02. The molecule has 1 aromatic heterocycles. The number of nitrogens with two attached hydrogens (primary N) is 1. The van der Waals surface area contributed by atoms with E-state index < -0.39 is 18.2 Å². The first kappa shape index (κ1) is 12.2. The van der Waals surface area contributed by atoms with Crippen molar-refractivity contribution in [3.8, 4) is 0 Å². The number of alkyl halides is 1. The molecule has 0 aliphatic heterocycles. The van der Waals surface area contributed by atoms with E-state index in [1.807, 2.05) is 0 Å². The molecule has 2 unspecified atom stereocenters. The van der Waals surface area contributed by atoms with Crippen molar-refractivity contribution in [2.75, 3.05) is 11.6 Å². The molecule has 0 spiro atoms. The molecule has 0 aliphatic carbocycles. The van der Waals surface area contributed by atoms with E-state index in [1.165, 1.54) is 6.07 Å². The van der Waals surface area contributed by atoms with E-state index in [9.17, 15) is 14.6 Å². The van der Waals surface area contributed by atoms with Crippen molar-refractivity contribution in [2.45, 2.75) is 18.6 Å². The second kappa shape index (κ2) is 5.25. The number of halogens is 2. The van der Waals surface area contributed by atoms with Crippen molar-refractivity contribution in [3.63, 3.8) is 0 Å². The van der Waals surface area contributed by atoms with Gasteiger partial charge in [0.2, 0.25) is 5.95 Å². The van der Waals surface area contributed by atoms with Crippen LogP contribution in [0.25, 0.3) is 0 Å². The molecule has 84 valence electrons. The van der Waals surface area contributed by atoms with Gasteiger partial charge in [0.05, 0.1) is 17.5 Å². The zero-order chi connectivity index (χ0) is 11.4. The lowest BCUT2D eigenvalue weighted by atomic mass is 10.1. The fraction of sp³-hybridized carbons (Fsp3) is 0.444. The van der Waals surface area contributed by atoms with Gasteiger partial charge in [0.1, 0.15) is 6.10 Å². The molecule has 15 heavy (non-hydrogen) atoms. The Morgan fingerprint density at radius 2 is 2.13 bits per heavy atom. The largest absolute Gasteiger partial charge is 0.397 e. The van der Waals surface area contributed by atoms with Crippen LogP contribution < -0.4 is 5.73 Å². The first-order valence-electron chi connectivity index (χ1n) is 4.40. The highest BCUT2D eigenvalue weighted by Gasteiger charge is 2.21. The predicted molar refractivity (Wildman–Crippen MR) is 54.9 cm³/mol. The Bertz CT molecular complexity index is 338. The third-order valence-electron chi connectivity index (χ3n) is 1.97. The smallest absolute Gasteiger partial charge is 0.213 e. The van der Waals surface area contributed by atoms with Crippen LogP contribution in [-0.4, -0.2) is 27.2 Å². The average Bonchev–Trinajstić information content (AvgIpc) is 2.21. The summed E-state index contributed by atoms with van der Waals surface area (Å²) >= 11 is 5.40. The van der Waals surface area contributed by atoms with Crippen LogP contribution in [0.15, 0.2) is 12.1 Å². The van der Waals surface area contributed by atoms with Gasteiger partial charge in [-0.05, 0) is 18.6 Å². The molecular weight excluding hydrogens is 223 g/mol. The lowest BCUT2D eigenvalue weighted by molar-refractivity contribution is 0.0145. The zero-order valence-electron chi connectivity index (χ0n) is 7.90. The summed E-state index contributed by atoms with van der Waals surface area (Å²) in [6, 6.07) is 2.37. The minimum absolute atomic E-state index is 0.0624. The number of aliphatic hydroxyl groups is 2. The van der Waals surface area contributed by atoms with Crippen molar-refractivity contribution < 1.29 is 14.6 Å². The summed E-state index contributed by atoms with van der Waals surface area (Å²) in [5.74, 6) is -0.565. The Kier molecular flexibility index (Phi) is 4.26. The number of aliphatic hydroxyl groups excluding tert-OH is 2. The topological polar surface area (TPSA) is 79.4 Å². The van der Waals surface area contributed by atoms with Crippen LogP contribution >= 0.6 is 11.6 Å². The molecule has 4 nitrogen and oxygen atoms in total. The molecule has 6 heteroatoms. The summed E-state index contributed by atoms with van der Waals surface area (Å²) in [7, 11) is 0. The summed E-state index contributed by atoms with van der Waals surface area (Å²) in [5.41, 5.74) is 5.57. The summed E-state index contributed by atoms with van der Waals surface area (Å²) in [5, 5.41) is 19.0. The number of anilines is 1. The number of nitrogens with zero attached hydrogens (tertiary/aromatic N) is 1. The molecule has 0 bridgehead atoms. The second-order valence-electron chi connectivity index (χ2n) is 3.10. The molecule has 1 rings (SSSR count). The normalized spacial score (nSPS) is 14.9. The average molecular weight is 235 g/mol. The van der Waals surface area contributed by atoms with Gasteiger partial charge in [0.25, 0.3) is 0 Å². The predicted octanol–water partition coefficient (Wildman–Crippen LogP) is 0.826. The van der Waals surface area contributed by atoms with Crippen LogP contribution in [0.2, 0.25) is 0 Å².